The summed E-state index contributed by atoms with van der Waals surface area (Å²) in [6.45, 7) is 4.77. The smallest absolute Gasteiger partial charge is 0.159 e. The minimum atomic E-state index is -0.572. The molecule has 1 atom stereocenters. The minimum absolute atomic E-state index is 0.211. The number of hydrogen-bond acceptors (Lipinski definition) is 4. The largest absolute Gasteiger partial charge is 0.487 e. The van der Waals surface area contributed by atoms with E-state index in [0.29, 0.717) is 23.4 Å². The molecule has 0 aliphatic heterocycles. The molecule has 0 fully saturated rings. The third kappa shape index (κ3) is 4.42. The van der Waals surface area contributed by atoms with Crippen LogP contribution in [0.15, 0.2) is 24.4 Å². The number of nitrogens with zero attached hydrogens (tertiary/aromatic N) is 1. The normalized spacial score (nSPS) is 12.9. The fourth-order valence-corrected chi connectivity index (χ4v) is 3.06. The lowest BCUT2D eigenvalue weighted by atomic mass is 10.2. The van der Waals surface area contributed by atoms with E-state index in [4.69, 9.17) is 16.3 Å². The topological polar surface area (TPSA) is 54.4 Å². The van der Waals surface area contributed by atoms with Crippen molar-refractivity contribution in [2.24, 2.45) is 0 Å². The zero-order valence-electron chi connectivity index (χ0n) is 11.9. The van der Waals surface area contributed by atoms with E-state index in [9.17, 15) is 5.11 Å². The molecule has 0 amide bonds. The number of aromatic nitrogens is 1. The molecule has 2 N–H and O–H groups in total. The Kier molecular flexibility index (Phi) is 6.04. The number of pyridine rings is 1. The molecule has 21 heavy (non-hydrogen) atoms. The molecule has 0 aliphatic rings. The second-order valence-corrected chi connectivity index (χ2v) is 6.67. The van der Waals surface area contributed by atoms with E-state index in [1.807, 2.05) is 32.0 Å². The third-order valence-electron chi connectivity index (χ3n) is 2.93. The van der Waals surface area contributed by atoms with E-state index in [-0.39, 0.29) is 6.61 Å². The molecular formula is C15H18ClIN2O2. The molecule has 4 nitrogen and oxygen atoms in total. The zero-order valence-corrected chi connectivity index (χ0v) is 14.9. The van der Waals surface area contributed by atoms with E-state index in [1.165, 1.54) is 0 Å². The lowest BCUT2D eigenvalue weighted by molar-refractivity contribution is 0.105. The van der Waals surface area contributed by atoms with Crippen molar-refractivity contribution in [3.63, 3.8) is 0 Å². The molecule has 0 saturated carbocycles. The highest BCUT2D eigenvalue weighted by atomic mass is 127. The molecule has 6 heteroatoms. The van der Waals surface area contributed by atoms with Gasteiger partial charge in [0.1, 0.15) is 18.2 Å². The highest BCUT2D eigenvalue weighted by Gasteiger charge is 2.14. The van der Waals surface area contributed by atoms with Gasteiger partial charge in [0.2, 0.25) is 0 Å². The summed E-state index contributed by atoms with van der Waals surface area (Å²) in [6.07, 6.45) is 1.14. The number of nitrogens with one attached hydrogen (secondary N) is 1. The van der Waals surface area contributed by atoms with Crippen molar-refractivity contribution in [2.75, 3.05) is 13.2 Å². The van der Waals surface area contributed by atoms with Crippen LogP contribution < -0.4 is 10.1 Å². The van der Waals surface area contributed by atoms with E-state index in [0.717, 1.165) is 14.5 Å². The lowest BCUT2D eigenvalue weighted by Gasteiger charge is -2.16. The van der Waals surface area contributed by atoms with Gasteiger partial charge in [0.25, 0.3) is 0 Å². The number of halogens is 2. The predicted molar refractivity (Wildman–Crippen MR) is 94.1 cm³/mol. The summed E-state index contributed by atoms with van der Waals surface area (Å²) in [7, 11) is 0. The second kappa shape index (κ2) is 7.58. The average Bonchev–Trinajstić information content (AvgIpc) is 2.45. The van der Waals surface area contributed by atoms with Crippen LogP contribution in [0.1, 0.15) is 13.8 Å². The maximum Gasteiger partial charge on any atom is 0.159 e. The van der Waals surface area contributed by atoms with Gasteiger partial charge in [-0.3, -0.25) is 4.98 Å². The van der Waals surface area contributed by atoms with Crippen LogP contribution in [-0.4, -0.2) is 35.4 Å². The summed E-state index contributed by atoms with van der Waals surface area (Å²) in [5.74, 6) is 0.666. The third-order valence-corrected chi connectivity index (χ3v) is 4.05. The Morgan fingerprint density at radius 1 is 1.48 bits per heavy atom. The van der Waals surface area contributed by atoms with Gasteiger partial charge >= 0.3 is 0 Å². The molecule has 1 heterocycles. The highest BCUT2D eigenvalue weighted by molar-refractivity contribution is 14.1. The van der Waals surface area contributed by atoms with E-state index >= 15 is 0 Å². The predicted octanol–water partition coefficient (Wildman–Crippen LogP) is 3.23. The molecular weight excluding hydrogens is 403 g/mol. The number of ether oxygens (including phenoxy) is 1. The number of rotatable bonds is 6. The summed E-state index contributed by atoms with van der Waals surface area (Å²) < 4.78 is 6.66. The Bertz CT molecular complexity index is 622. The van der Waals surface area contributed by atoms with Gasteiger partial charge in [0.15, 0.2) is 5.75 Å². The number of aliphatic hydroxyl groups is 1. The summed E-state index contributed by atoms with van der Waals surface area (Å²) in [5.41, 5.74) is 0.721. The molecule has 1 unspecified atom stereocenters. The average molecular weight is 421 g/mol. The van der Waals surface area contributed by atoms with Gasteiger partial charge < -0.3 is 15.2 Å². The standard InChI is InChI=1S/C15H18ClIN2O2/c1-9(2)19-7-10(20)8-21-15-13(17)6-12(16)11-4-3-5-18-14(11)15/h3-6,9-10,19-20H,7-8H2,1-2H3. The first kappa shape index (κ1) is 16.7. The van der Waals surface area contributed by atoms with Crippen molar-refractivity contribution in [1.29, 1.82) is 0 Å². The molecule has 0 radical (unpaired) electrons. The Labute approximate surface area is 143 Å². The maximum absolute atomic E-state index is 9.94. The zero-order chi connectivity index (χ0) is 15.4. The van der Waals surface area contributed by atoms with Crippen LogP contribution in [0, 0.1) is 3.57 Å². The molecule has 0 aliphatic carbocycles. The van der Waals surface area contributed by atoms with Crippen LogP contribution in [0.4, 0.5) is 0 Å². The number of benzene rings is 1. The Morgan fingerprint density at radius 3 is 2.95 bits per heavy atom. The van der Waals surface area contributed by atoms with Crippen LogP contribution in [0.5, 0.6) is 5.75 Å². The quantitative estimate of drug-likeness (QED) is 0.705. The Morgan fingerprint density at radius 2 is 2.24 bits per heavy atom. The van der Waals surface area contributed by atoms with Crippen molar-refractivity contribution < 1.29 is 9.84 Å². The SMILES string of the molecule is CC(C)NCC(O)COc1c(I)cc(Cl)c2cccnc12. The van der Waals surface area contributed by atoms with Gasteiger partial charge in [0.05, 0.1) is 8.59 Å². The highest BCUT2D eigenvalue weighted by Crippen LogP contribution is 2.34. The molecule has 2 rings (SSSR count). The molecule has 114 valence electrons. The second-order valence-electron chi connectivity index (χ2n) is 5.10. The van der Waals surface area contributed by atoms with Crippen LogP contribution in [0.2, 0.25) is 5.02 Å². The minimum Gasteiger partial charge on any atom is -0.487 e. The summed E-state index contributed by atoms with van der Waals surface area (Å²) in [4.78, 5) is 4.34. The molecule has 2 aromatic rings. The molecule has 1 aromatic carbocycles. The fourth-order valence-electron chi connectivity index (χ4n) is 1.89. The van der Waals surface area contributed by atoms with Gasteiger partial charge in [-0.2, -0.15) is 0 Å². The van der Waals surface area contributed by atoms with Crippen LogP contribution in [0.3, 0.4) is 0 Å². The first-order valence-electron chi connectivity index (χ1n) is 6.76. The molecule has 0 saturated heterocycles. The van der Waals surface area contributed by atoms with Crippen molar-refractivity contribution in [3.8, 4) is 5.75 Å². The van der Waals surface area contributed by atoms with Gasteiger partial charge in [-0.05, 0) is 40.8 Å². The van der Waals surface area contributed by atoms with Crippen LogP contribution in [0.25, 0.3) is 10.9 Å². The first-order chi connectivity index (χ1) is 9.99. The van der Waals surface area contributed by atoms with Crippen molar-refractivity contribution >= 4 is 45.1 Å². The lowest BCUT2D eigenvalue weighted by Crippen LogP contribution is -2.35. The molecule has 0 bridgehead atoms. The van der Waals surface area contributed by atoms with Crippen molar-refractivity contribution in [2.45, 2.75) is 26.0 Å². The number of fused-ring (bicyclic) bond motifs is 1. The Balaban J connectivity index is 2.15. The van der Waals surface area contributed by atoms with Crippen molar-refractivity contribution in [3.05, 3.63) is 33.0 Å². The van der Waals surface area contributed by atoms with E-state index in [1.54, 1.807) is 6.20 Å². The van der Waals surface area contributed by atoms with Gasteiger partial charge in [-0.25, -0.2) is 0 Å². The summed E-state index contributed by atoms with van der Waals surface area (Å²) >= 11 is 8.39. The van der Waals surface area contributed by atoms with Crippen molar-refractivity contribution in [1.82, 2.24) is 10.3 Å². The van der Waals surface area contributed by atoms with Gasteiger partial charge in [0, 0.05) is 24.2 Å². The fraction of sp³-hybridized carbons (Fsp3) is 0.400. The van der Waals surface area contributed by atoms with E-state index in [2.05, 4.69) is 32.9 Å². The number of aliphatic hydroxyl groups excluding tert-OH is 1. The van der Waals surface area contributed by atoms with Crippen LogP contribution in [-0.2, 0) is 0 Å². The van der Waals surface area contributed by atoms with Crippen LogP contribution >= 0.6 is 34.2 Å². The molecule has 1 aromatic heterocycles. The van der Waals surface area contributed by atoms with Gasteiger partial charge in [-0.15, -0.1) is 0 Å². The maximum atomic E-state index is 9.94. The van der Waals surface area contributed by atoms with Gasteiger partial charge in [-0.1, -0.05) is 25.4 Å². The van der Waals surface area contributed by atoms with E-state index < -0.39 is 6.10 Å². The number of hydrogen-bond donors (Lipinski definition) is 2. The first-order valence-corrected chi connectivity index (χ1v) is 8.21. The summed E-state index contributed by atoms with van der Waals surface area (Å²) in [6, 6.07) is 5.93. The monoisotopic (exact) mass is 420 g/mol. The molecule has 0 spiro atoms. The summed E-state index contributed by atoms with van der Waals surface area (Å²) in [5, 5.41) is 14.6. The Hall–Kier alpha value is -0.630.